The zero-order valence-electron chi connectivity index (χ0n) is 15.1. The molecule has 6 nitrogen and oxygen atoms in total. The third-order valence-electron chi connectivity index (χ3n) is 4.15. The largest absolute Gasteiger partial charge is 0.462 e. The van der Waals surface area contributed by atoms with E-state index in [1.165, 1.54) is 22.1 Å². The lowest BCUT2D eigenvalue weighted by atomic mass is 10.2. The SMILES string of the molecule is CCOC(=O)c1cn(-c2nc(-c3ccccc3)cs2)c2nc(Cl)c(F)cc2c1=O. The molecule has 0 aliphatic carbocycles. The van der Waals surface area contributed by atoms with Crippen molar-refractivity contribution in [2.45, 2.75) is 6.92 Å². The minimum atomic E-state index is -0.854. The van der Waals surface area contributed by atoms with Crippen LogP contribution in [0, 0.1) is 5.82 Å². The van der Waals surface area contributed by atoms with Crippen LogP contribution in [0.3, 0.4) is 0 Å². The maximum atomic E-state index is 14.0. The second kappa shape index (κ2) is 7.73. The molecule has 0 aliphatic rings. The smallest absolute Gasteiger partial charge is 0.343 e. The minimum absolute atomic E-state index is 0.0890. The monoisotopic (exact) mass is 429 g/mol. The predicted octanol–water partition coefficient (Wildman–Crippen LogP) is 4.48. The number of benzene rings is 1. The third kappa shape index (κ3) is 3.52. The Morgan fingerprint density at radius 3 is 2.76 bits per heavy atom. The Labute approximate surface area is 173 Å². The van der Waals surface area contributed by atoms with Gasteiger partial charge in [0, 0.05) is 17.1 Å². The summed E-state index contributed by atoms with van der Waals surface area (Å²) in [6, 6.07) is 10.5. The molecule has 0 bridgehead atoms. The number of aromatic nitrogens is 3. The van der Waals surface area contributed by atoms with E-state index in [9.17, 15) is 14.0 Å². The normalized spacial score (nSPS) is 11.0. The van der Waals surface area contributed by atoms with Gasteiger partial charge in [0.05, 0.1) is 17.7 Å². The maximum absolute atomic E-state index is 14.0. The van der Waals surface area contributed by atoms with Gasteiger partial charge < -0.3 is 4.74 Å². The molecule has 4 aromatic rings. The Balaban J connectivity index is 1.97. The van der Waals surface area contributed by atoms with Crippen LogP contribution in [-0.2, 0) is 4.74 Å². The Morgan fingerprint density at radius 2 is 2.03 bits per heavy atom. The molecule has 4 rings (SSSR count). The number of carbonyl (C=O) groups is 1. The number of fused-ring (bicyclic) bond motifs is 1. The number of halogens is 2. The van der Waals surface area contributed by atoms with Crippen LogP contribution in [0.15, 0.2) is 52.8 Å². The van der Waals surface area contributed by atoms with E-state index in [0.717, 1.165) is 11.6 Å². The van der Waals surface area contributed by atoms with Crippen molar-refractivity contribution in [3.05, 3.63) is 74.7 Å². The quantitative estimate of drug-likeness (QED) is 0.353. The van der Waals surface area contributed by atoms with Gasteiger partial charge >= 0.3 is 5.97 Å². The zero-order valence-corrected chi connectivity index (χ0v) is 16.6. The molecule has 0 fully saturated rings. The molecule has 0 spiro atoms. The first-order valence-corrected chi connectivity index (χ1v) is 9.85. The van der Waals surface area contributed by atoms with Gasteiger partial charge in [-0.3, -0.25) is 9.36 Å². The highest BCUT2D eigenvalue weighted by Gasteiger charge is 2.21. The Morgan fingerprint density at radius 1 is 1.28 bits per heavy atom. The van der Waals surface area contributed by atoms with Crippen molar-refractivity contribution < 1.29 is 13.9 Å². The molecule has 3 aromatic heterocycles. The lowest BCUT2D eigenvalue weighted by molar-refractivity contribution is 0.0524. The summed E-state index contributed by atoms with van der Waals surface area (Å²) >= 11 is 7.13. The lowest BCUT2D eigenvalue weighted by Gasteiger charge is -2.10. The van der Waals surface area contributed by atoms with Crippen LogP contribution < -0.4 is 5.43 Å². The van der Waals surface area contributed by atoms with Crippen LogP contribution in [-0.4, -0.2) is 27.1 Å². The fraction of sp³-hybridized carbons (Fsp3) is 0.100. The van der Waals surface area contributed by atoms with Gasteiger partial charge in [-0.25, -0.2) is 19.2 Å². The number of carbonyl (C=O) groups excluding carboxylic acids is 1. The molecule has 29 heavy (non-hydrogen) atoms. The summed E-state index contributed by atoms with van der Waals surface area (Å²) in [5, 5.41) is 1.81. The molecule has 0 aliphatic heterocycles. The summed E-state index contributed by atoms with van der Waals surface area (Å²) in [5.74, 6) is -1.66. The van der Waals surface area contributed by atoms with Crippen LogP contribution in [0.2, 0.25) is 5.15 Å². The average molecular weight is 430 g/mol. The van der Waals surface area contributed by atoms with Crippen molar-refractivity contribution >= 4 is 39.9 Å². The van der Waals surface area contributed by atoms with Crippen LogP contribution in [0.1, 0.15) is 17.3 Å². The summed E-state index contributed by atoms with van der Waals surface area (Å²) < 4.78 is 20.4. The molecule has 146 valence electrons. The molecule has 0 radical (unpaired) electrons. The second-order valence-electron chi connectivity index (χ2n) is 5.98. The molecule has 0 unspecified atom stereocenters. The molecule has 1 aromatic carbocycles. The molecule has 0 N–H and O–H groups in total. The first-order chi connectivity index (χ1) is 14.0. The van der Waals surface area contributed by atoms with Gasteiger partial charge in [0.1, 0.15) is 5.56 Å². The van der Waals surface area contributed by atoms with E-state index in [1.807, 2.05) is 35.7 Å². The number of thiazole rings is 1. The Bertz CT molecular complexity index is 1290. The molecule has 9 heteroatoms. The molecule has 3 heterocycles. The number of rotatable bonds is 4. The van der Waals surface area contributed by atoms with E-state index < -0.39 is 17.2 Å². The number of nitrogens with zero attached hydrogens (tertiary/aromatic N) is 3. The van der Waals surface area contributed by atoms with Gasteiger partial charge in [-0.05, 0) is 13.0 Å². The van der Waals surface area contributed by atoms with Crippen LogP contribution >= 0.6 is 22.9 Å². The number of hydrogen-bond acceptors (Lipinski definition) is 6. The van der Waals surface area contributed by atoms with E-state index in [2.05, 4.69) is 9.97 Å². The van der Waals surface area contributed by atoms with Crippen molar-refractivity contribution in [2.24, 2.45) is 0 Å². The zero-order chi connectivity index (χ0) is 20.5. The van der Waals surface area contributed by atoms with Crippen molar-refractivity contribution in [2.75, 3.05) is 6.61 Å². The highest BCUT2D eigenvalue weighted by Crippen LogP contribution is 2.27. The summed E-state index contributed by atoms with van der Waals surface area (Å²) in [6.07, 6.45) is 1.30. The summed E-state index contributed by atoms with van der Waals surface area (Å²) in [7, 11) is 0. The molecule has 0 atom stereocenters. The standard InChI is InChI=1S/C20H13ClFN3O3S/c1-2-28-19(27)13-9-25(18-12(16(13)26)8-14(22)17(21)24-18)20-23-15(10-29-20)11-6-4-3-5-7-11/h3-10H,2H2,1H3. The van der Waals surface area contributed by atoms with Crippen molar-refractivity contribution in [3.63, 3.8) is 0 Å². The van der Waals surface area contributed by atoms with E-state index in [0.29, 0.717) is 10.8 Å². The summed E-state index contributed by atoms with van der Waals surface area (Å²) in [6.45, 7) is 1.73. The first-order valence-electron chi connectivity index (χ1n) is 8.59. The lowest BCUT2D eigenvalue weighted by Crippen LogP contribution is -2.21. The van der Waals surface area contributed by atoms with E-state index in [-0.39, 0.29) is 28.4 Å². The molecule has 0 saturated carbocycles. The van der Waals surface area contributed by atoms with Gasteiger partial charge in [0.15, 0.2) is 21.7 Å². The van der Waals surface area contributed by atoms with Crippen LogP contribution in [0.4, 0.5) is 4.39 Å². The van der Waals surface area contributed by atoms with Crippen molar-refractivity contribution in [1.29, 1.82) is 0 Å². The van der Waals surface area contributed by atoms with Crippen molar-refractivity contribution in [1.82, 2.24) is 14.5 Å². The van der Waals surface area contributed by atoms with E-state index in [1.54, 1.807) is 6.92 Å². The van der Waals surface area contributed by atoms with E-state index >= 15 is 0 Å². The van der Waals surface area contributed by atoms with Gasteiger partial charge in [-0.2, -0.15) is 0 Å². The molecule has 0 saturated heterocycles. The maximum Gasteiger partial charge on any atom is 0.343 e. The Kier molecular flexibility index (Phi) is 5.12. The second-order valence-corrected chi connectivity index (χ2v) is 7.17. The van der Waals surface area contributed by atoms with Crippen LogP contribution in [0.25, 0.3) is 27.4 Å². The third-order valence-corrected chi connectivity index (χ3v) is 5.26. The highest BCUT2D eigenvalue weighted by molar-refractivity contribution is 7.12. The summed E-state index contributed by atoms with van der Waals surface area (Å²) in [5.41, 5.74) is 0.798. The van der Waals surface area contributed by atoms with Gasteiger partial charge in [-0.15, -0.1) is 11.3 Å². The van der Waals surface area contributed by atoms with Gasteiger partial charge in [-0.1, -0.05) is 41.9 Å². The number of hydrogen-bond donors (Lipinski definition) is 0. The topological polar surface area (TPSA) is 74.1 Å². The fourth-order valence-electron chi connectivity index (χ4n) is 2.82. The fourth-order valence-corrected chi connectivity index (χ4v) is 3.76. The van der Waals surface area contributed by atoms with Gasteiger partial charge in [0.2, 0.25) is 5.43 Å². The van der Waals surface area contributed by atoms with Crippen molar-refractivity contribution in [3.8, 4) is 16.4 Å². The number of esters is 1. The first kappa shape index (κ1) is 19.2. The van der Waals surface area contributed by atoms with E-state index in [4.69, 9.17) is 16.3 Å². The summed E-state index contributed by atoms with van der Waals surface area (Å²) in [4.78, 5) is 33.6. The van der Waals surface area contributed by atoms with Gasteiger partial charge in [0.25, 0.3) is 0 Å². The molecular formula is C20H13ClFN3O3S. The average Bonchev–Trinajstić information content (AvgIpc) is 3.21. The molecular weight excluding hydrogens is 417 g/mol. The number of ether oxygens (including phenoxy) is 1. The van der Waals surface area contributed by atoms with Crippen LogP contribution in [0.5, 0.6) is 0 Å². The number of pyridine rings is 2. The molecule has 0 amide bonds. The minimum Gasteiger partial charge on any atom is -0.462 e. The highest BCUT2D eigenvalue weighted by atomic mass is 35.5. The Hall–Kier alpha value is -3.10. The predicted molar refractivity (Wildman–Crippen MR) is 109 cm³/mol.